The number of aromatic hydroxyl groups is 1. The highest BCUT2D eigenvalue weighted by atomic mass is 16.5. The first-order chi connectivity index (χ1) is 10.1. The molecule has 0 fully saturated rings. The number of phenols is 1. The number of aromatic nitrogens is 2. The van der Waals surface area contributed by atoms with Gasteiger partial charge in [0.1, 0.15) is 5.75 Å². The van der Waals surface area contributed by atoms with Gasteiger partial charge in [-0.05, 0) is 25.5 Å². The summed E-state index contributed by atoms with van der Waals surface area (Å²) in [6.45, 7) is 0.850. The molecule has 5 heteroatoms. The van der Waals surface area contributed by atoms with Gasteiger partial charge in [0.25, 0.3) is 5.89 Å². The summed E-state index contributed by atoms with van der Waals surface area (Å²) in [6, 6.07) is 11.4. The molecule has 0 bridgehead atoms. The van der Waals surface area contributed by atoms with Crippen LogP contribution in [0.15, 0.2) is 40.9 Å². The first-order valence-corrected chi connectivity index (χ1v) is 6.83. The van der Waals surface area contributed by atoms with E-state index in [1.165, 1.54) is 0 Å². The number of benzene rings is 2. The Morgan fingerprint density at radius 3 is 2.76 bits per heavy atom. The third kappa shape index (κ3) is 2.73. The van der Waals surface area contributed by atoms with E-state index in [9.17, 15) is 5.11 Å². The van der Waals surface area contributed by atoms with Crippen LogP contribution in [0, 0.1) is 0 Å². The fourth-order valence-corrected chi connectivity index (χ4v) is 2.22. The molecule has 5 nitrogen and oxygen atoms in total. The smallest absolute Gasteiger partial charge is 0.261 e. The van der Waals surface area contributed by atoms with E-state index in [-0.39, 0.29) is 5.75 Å². The van der Waals surface area contributed by atoms with Gasteiger partial charge in [-0.2, -0.15) is 4.98 Å². The van der Waals surface area contributed by atoms with Crippen molar-refractivity contribution >= 4 is 10.8 Å². The maximum atomic E-state index is 10.4. The van der Waals surface area contributed by atoms with Gasteiger partial charge in [-0.3, -0.25) is 0 Å². The summed E-state index contributed by atoms with van der Waals surface area (Å²) in [6.07, 6.45) is 0.713. The minimum absolute atomic E-state index is 0.177. The highest BCUT2D eigenvalue weighted by molar-refractivity contribution is 5.93. The zero-order valence-electron chi connectivity index (χ0n) is 12.1. The third-order valence-corrected chi connectivity index (χ3v) is 3.38. The lowest BCUT2D eigenvalue weighted by molar-refractivity contribution is 0.391. The van der Waals surface area contributed by atoms with E-state index in [1.54, 1.807) is 6.07 Å². The summed E-state index contributed by atoms with van der Waals surface area (Å²) in [7, 11) is 3.99. The SMILES string of the molecule is CN(C)CCc1noc(-c2ccc3ccccc3c2O)n1. The van der Waals surface area contributed by atoms with Crippen molar-refractivity contribution in [3.8, 4) is 17.2 Å². The second-order valence-corrected chi connectivity index (χ2v) is 5.25. The molecule has 1 heterocycles. The fraction of sp³-hybridized carbons (Fsp3) is 0.250. The Morgan fingerprint density at radius 1 is 1.14 bits per heavy atom. The van der Waals surface area contributed by atoms with E-state index in [0.29, 0.717) is 23.7 Å². The monoisotopic (exact) mass is 283 g/mol. The summed E-state index contributed by atoms with van der Waals surface area (Å²) < 4.78 is 5.27. The maximum Gasteiger partial charge on any atom is 0.261 e. The normalized spacial score (nSPS) is 11.4. The van der Waals surface area contributed by atoms with Crippen LogP contribution in [0.25, 0.3) is 22.2 Å². The van der Waals surface area contributed by atoms with Crippen LogP contribution < -0.4 is 0 Å². The van der Waals surface area contributed by atoms with Crippen molar-refractivity contribution in [1.82, 2.24) is 15.0 Å². The molecule has 0 unspecified atom stereocenters. The van der Waals surface area contributed by atoms with Gasteiger partial charge in [-0.25, -0.2) is 0 Å². The topological polar surface area (TPSA) is 62.4 Å². The van der Waals surface area contributed by atoms with Gasteiger partial charge in [0.15, 0.2) is 5.82 Å². The highest BCUT2D eigenvalue weighted by Crippen LogP contribution is 2.34. The number of phenolic OH excluding ortho intramolecular Hbond substituents is 1. The van der Waals surface area contributed by atoms with E-state index in [1.807, 2.05) is 44.4 Å². The van der Waals surface area contributed by atoms with Gasteiger partial charge in [-0.15, -0.1) is 0 Å². The lowest BCUT2D eigenvalue weighted by Gasteiger charge is -2.05. The van der Waals surface area contributed by atoms with Crippen molar-refractivity contribution in [3.63, 3.8) is 0 Å². The first-order valence-electron chi connectivity index (χ1n) is 6.83. The molecule has 0 saturated heterocycles. The standard InChI is InChI=1S/C16H17N3O2/c1-19(2)10-9-14-17-16(21-18-14)13-8-7-11-5-3-4-6-12(11)15(13)20/h3-8,20H,9-10H2,1-2H3. The predicted octanol–water partition coefficient (Wildman–Crippen LogP) is 2.70. The Kier molecular flexibility index (Phi) is 3.58. The molecule has 1 N–H and O–H groups in total. The molecule has 2 aromatic carbocycles. The van der Waals surface area contributed by atoms with Crippen molar-refractivity contribution in [2.24, 2.45) is 0 Å². The average molecular weight is 283 g/mol. The molecule has 0 amide bonds. The minimum atomic E-state index is 0.177. The second kappa shape index (κ2) is 5.54. The number of hydrogen-bond acceptors (Lipinski definition) is 5. The molecule has 1 aromatic heterocycles. The molecule has 0 saturated carbocycles. The minimum Gasteiger partial charge on any atom is -0.506 e. The van der Waals surface area contributed by atoms with Gasteiger partial charge in [0, 0.05) is 18.4 Å². The fourth-order valence-electron chi connectivity index (χ4n) is 2.22. The summed E-state index contributed by atoms with van der Waals surface area (Å²) in [4.78, 5) is 6.41. The summed E-state index contributed by atoms with van der Waals surface area (Å²) in [5, 5.41) is 16.1. The Balaban J connectivity index is 1.95. The Bertz CT molecular complexity index is 765. The number of hydrogen-bond donors (Lipinski definition) is 1. The van der Waals surface area contributed by atoms with Gasteiger partial charge in [0.2, 0.25) is 0 Å². The number of fused-ring (bicyclic) bond motifs is 1. The van der Waals surface area contributed by atoms with Gasteiger partial charge in [-0.1, -0.05) is 35.5 Å². The molecule has 0 radical (unpaired) electrons. The highest BCUT2D eigenvalue weighted by Gasteiger charge is 2.14. The summed E-state index contributed by atoms with van der Waals surface area (Å²) in [5.41, 5.74) is 0.567. The van der Waals surface area contributed by atoms with Crippen molar-refractivity contribution in [1.29, 1.82) is 0 Å². The number of likely N-dealkylation sites (N-methyl/N-ethyl adjacent to an activating group) is 1. The molecule has 0 atom stereocenters. The van der Waals surface area contributed by atoms with Crippen LogP contribution in [-0.2, 0) is 6.42 Å². The molecule has 0 aliphatic heterocycles. The summed E-state index contributed by atoms with van der Waals surface area (Å²) >= 11 is 0. The molecule has 0 spiro atoms. The first kappa shape index (κ1) is 13.6. The average Bonchev–Trinajstić information content (AvgIpc) is 2.94. The Morgan fingerprint density at radius 2 is 1.95 bits per heavy atom. The quantitative estimate of drug-likeness (QED) is 0.797. The molecule has 21 heavy (non-hydrogen) atoms. The van der Waals surface area contributed by atoms with Crippen LogP contribution in [-0.4, -0.2) is 40.8 Å². The van der Waals surface area contributed by atoms with Crippen LogP contribution in [0.3, 0.4) is 0 Å². The largest absolute Gasteiger partial charge is 0.506 e. The maximum absolute atomic E-state index is 10.4. The summed E-state index contributed by atoms with van der Waals surface area (Å²) in [5.74, 6) is 1.18. The Hall–Kier alpha value is -2.40. The molecule has 0 aliphatic rings. The molecule has 0 aliphatic carbocycles. The predicted molar refractivity (Wildman–Crippen MR) is 81.2 cm³/mol. The molecule has 108 valence electrons. The molecular formula is C16H17N3O2. The number of nitrogens with zero attached hydrogens (tertiary/aromatic N) is 3. The van der Waals surface area contributed by atoms with Crippen molar-refractivity contribution in [2.75, 3.05) is 20.6 Å². The van der Waals surface area contributed by atoms with Crippen molar-refractivity contribution in [3.05, 3.63) is 42.2 Å². The Labute approximate surface area is 122 Å². The molecular weight excluding hydrogens is 266 g/mol. The van der Waals surface area contributed by atoms with Crippen molar-refractivity contribution in [2.45, 2.75) is 6.42 Å². The van der Waals surface area contributed by atoms with Crippen LogP contribution in [0.1, 0.15) is 5.82 Å². The lowest BCUT2D eigenvalue weighted by atomic mass is 10.1. The zero-order valence-corrected chi connectivity index (χ0v) is 12.1. The zero-order chi connectivity index (χ0) is 14.8. The van der Waals surface area contributed by atoms with Crippen LogP contribution in [0.2, 0.25) is 0 Å². The van der Waals surface area contributed by atoms with Crippen LogP contribution in [0.4, 0.5) is 0 Å². The van der Waals surface area contributed by atoms with E-state index in [2.05, 4.69) is 15.0 Å². The van der Waals surface area contributed by atoms with E-state index in [4.69, 9.17) is 4.52 Å². The van der Waals surface area contributed by atoms with Crippen LogP contribution in [0.5, 0.6) is 5.75 Å². The molecule has 3 aromatic rings. The van der Waals surface area contributed by atoms with Gasteiger partial charge in [0.05, 0.1) is 5.56 Å². The van der Waals surface area contributed by atoms with E-state index < -0.39 is 0 Å². The third-order valence-electron chi connectivity index (χ3n) is 3.38. The van der Waals surface area contributed by atoms with Gasteiger partial charge < -0.3 is 14.5 Å². The van der Waals surface area contributed by atoms with Crippen LogP contribution >= 0.6 is 0 Å². The van der Waals surface area contributed by atoms with E-state index in [0.717, 1.165) is 17.3 Å². The lowest BCUT2D eigenvalue weighted by Crippen LogP contribution is -2.15. The second-order valence-electron chi connectivity index (χ2n) is 5.25. The number of rotatable bonds is 4. The van der Waals surface area contributed by atoms with E-state index >= 15 is 0 Å². The van der Waals surface area contributed by atoms with Gasteiger partial charge >= 0.3 is 0 Å². The molecule has 3 rings (SSSR count). The van der Waals surface area contributed by atoms with Crippen molar-refractivity contribution < 1.29 is 9.63 Å².